The van der Waals surface area contributed by atoms with Crippen molar-refractivity contribution < 1.29 is 19.1 Å². The predicted octanol–water partition coefficient (Wildman–Crippen LogP) is 7.02. The van der Waals surface area contributed by atoms with Crippen LogP contribution in [0.2, 0.25) is 0 Å². The second kappa shape index (κ2) is 12.8. The van der Waals surface area contributed by atoms with Gasteiger partial charge in [-0.25, -0.2) is 0 Å². The number of ether oxygens (including phenoxy) is 2. The molecule has 2 atom stereocenters. The van der Waals surface area contributed by atoms with E-state index in [-0.39, 0.29) is 10.8 Å². The maximum absolute atomic E-state index is 11.0. The van der Waals surface area contributed by atoms with Gasteiger partial charge in [0.05, 0.1) is 26.3 Å². The number of benzene rings is 2. The Morgan fingerprint density at radius 2 is 1.57 bits per heavy atom. The van der Waals surface area contributed by atoms with Gasteiger partial charge in [0, 0.05) is 5.56 Å². The van der Waals surface area contributed by atoms with Crippen molar-refractivity contribution in [3.05, 3.63) is 65.2 Å². The molecule has 1 N–H and O–H groups in total. The van der Waals surface area contributed by atoms with Crippen LogP contribution in [-0.2, 0) is 22.1 Å². The fourth-order valence-corrected chi connectivity index (χ4v) is 5.72. The first-order valence-electron chi connectivity index (χ1n) is 14.3. The van der Waals surface area contributed by atoms with Crippen LogP contribution in [0.5, 0.6) is 5.75 Å². The summed E-state index contributed by atoms with van der Waals surface area (Å²) in [6.07, 6.45) is 5.93. The molecule has 1 aliphatic carbocycles. The number of hydrogen-bond acceptors (Lipinski definition) is 3. The Morgan fingerprint density at radius 1 is 0.892 bits per heavy atom. The standard InChI is InChI=1S/C33H52NO3/c1-32(2,3)27-18-19-31(30(22-27)33(4,5)6)37-21-20-36-25-29(35)24-34(7,28-16-12-9-13-17-28)23-26-14-10-8-11-15-26/h8,10-11,14-15,18-19,22,28-29,35H,9,12-13,16-17,20-21,23-25H2,1-7H3/q+1/t29-,34-/m1/s1. The zero-order valence-corrected chi connectivity index (χ0v) is 24.6. The third-order valence-corrected chi connectivity index (χ3v) is 7.92. The van der Waals surface area contributed by atoms with Gasteiger partial charge in [-0.1, -0.05) is 90.4 Å². The lowest BCUT2D eigenvalue weighted by Crippen LogP contribution is -2.56. The fourth-order valence-electron chi connectivity index (χ4n) is 5.72. The van der Waals surface area contributed by atoms with E-state index in [2.05, 4.69) is 97.1 Å². The summed E-state index contributed by atoms with van der Waals surface area (Å²) >= 11 is 0. The first-order chi connectivity index (χ1) is 17.4. The molecule has 0 aliphatic heterocycles. The van der Waals surface area contributed by atoms with Gasteiger partial charge in [-0.2, -0.15) is 0 Å². The number of likely N-dealkylation sites (N-methyl/N-ethyl adjacent to an activating group) is 1. The molecular formula is C33H52NO3+. The van der Waals surface area contributed by atoms with E-state index in [4.69, 9.17) is 9.47 Å². The van der Waals surface area contributed by atoms with Gasteiger partial charge >= 0.3 is 0 Å². The molecule has 1 saturated carbocycles. The molecular weight excluding hydrogens is 458 g/mol. The van der Waals surface area contributed by atoms with Crippen molar-refractivity contribution in [2.45, 2.75) is 103 Å². The number of hydrogen-bond donors (Lipinski definition) is 1. The monoisotopic (exact) mass is 510 g/mol. The molecule has 0 heterocycles. The van der Waals surface area contributed by atoms with Crippen LogP contribution in [0.15, 0.2) is 48.5 Å². The van der Waals surface area contributed by atoms with Crippen LogP contribution in [0, 0.1) is 0 Å². The van der Waals surface area contributed by atoms with Gasteiger partial charge in [-0.15, -0.1) is 0 Å². The zero-order chi connectivity index (χ0) is 27.1. The van der Waals surface area contributed by atoms with Gasteiger partial charge in [0.1, 0.15) is 31.5 Å². The van der Waals surface area contributed by atoms with Gasteiger partial charge in [-0.3, -0.25) is 0 Å². The Kier molecular flexibility index (Phi) is 10.2. The van der Waals surface area contributed by atoms with Crippen molar-refractivity contribution in [3.8, 4) is 5.75 Å². The van der Waals surface area contributed by atoms with Gasteiger partial charge in [0.2, 0.25) is 0 Å². The molecule has 4 heteroatoms. The molecule has 206 valence electrons. The van der Waals surface area contributed by atoms with Crippen molar-refractivity contribution in [3.63, 3.8) is 0 Å². The lowest BCUT2D eigenvalue weighted by atomic mass is 9.80. The normalized spacial score (nSPS) is 17.8. The van der Waals surface area contributed by atoms with E-state index in [1.54, 1.807) is 0 Å². The highest BCUT2D eigenvalue weighted by atomic mass is 16.5. The summed E-state index contributed by atoms with van der Waals surface area (Å²) in [5.74, 6) is 0.925. The molecule has 0 unspecified atom stereocenters. The maximum atomic E-state index is 11.0. The molecule has 0 bridgehead atoms. The Morgan fingerprint density at radius 3 is 2.19 bits per heavy atom. The minimum absolute atomic E-state index is 0.00606. The quantitative estimate of drug-likeness (QED) is 0.261. The molecule has 0 saturated heterocycles. The van der Waals surface area contributed by atoms with Gasteiger partial charge in [0.15, 0.2) is 0 Å². The van der Waals surface area contributed by atoms with E-state index in [1.165, 1.54) is 48.8 Å². The van der Waals surface area contributed by atoms with Crippen LogP contribution in [0.3, 0.4) is 0 Å². The lowest BCUT2D eigenvalue weighted by Gasteiger charge is -2.44. The van der Waals surface area contributed by atoms with Crippen LogP contribution in [0.4, 0.5) is 0 Å². The van der Waals surface area contributed by atoms with Gasteiger partial charge < -0.3 is 19.1 Å². The maximum Gasteiger partial charge on any atom is 0.126 e. The van der Waals surface area contributed by atoms with E-state index >= 15 is 0 Å². The topological polar surface area (TPSA) is 38.7 Å². The summed E-state index contributed by atoms with van der Waals surface area (Å²) in [6, 6.07) is 17.9. The smallest absolute Gasteiger partial charge is 0.126 e. The third-order valence-electron chi connectivity index (χ3n) is 7.92. The van der Waals surface area contributed by atoms with Crippen molar-refractivity contribution in [2.24, 2.45) is 0 Å². The van der Waals surface area contributed by atoms with Gasteiger partial charge in [0.25, 0.3) is 0 Å². The minimum Gasteiger partial charge on any atom is -0.491 e. The van der Waals surface area contributed by atoms with Crippen molar-refractivity contribution in [2.75, 3.05) is 33.4 Å². The predicted molar refractivity (Wildman–Crippen MR) is 154 cm³/mol. The van der Waals surface area contributed by atoms with Gasteiger partial charge in [-0.05, 0) is 53.7 Å². The second-order valence-electron chi connectivity index (χ2n) is 13.4. The average Bonchev–Trinajstić information content (AvgIpc) is 2.83. The van der Waals surface area contributed by atoms with Crippen LogP contribution >= 0.6 is 0 Å². The summed E-state index contributed by atoms with van der Waals surface area (Å²) < 4.78 is 13.0. The SMILES string of the molecule is CC(C)(C)c1ccc(OCCOC[C@H](O)C[N@@+](C)(Cc2ccccc2)C2CCCCC2)c(C(C)(C)C)c1. The minimum atomic E-state index is -0.494. The molecule has 0 radical (unpaired) electrons. The van der Waals surface area contributed by atoms with E-state index in [1.807, 2.05) is 0 Å². The molecule has 0 aromatic heterocycles. The van der Waals surface area contributed by atoms with Crippen LogP contribution in [0.1, 0.15) is 90.3 Å². The third kappa shape index (κ3) is 8.84. The summed E-state index contributed by atoms with van der Waals surface area (Å²) in [5.41, 5.74) is 3.97. The lowest BCUT2D eigenvalue weighted by molar-refractivity contribution is -0.950. The number of nitrogens with zero attached hydrogens (tertiary/aromatic N) is 1. The number of aliphatic hydroxyl groups is 1. The molecule has 2 aromatic rings. The summed E-state index contributed by atoms with van der Waals surface area (Å²) in [5, 5.41) is 11.0. The number of aliphatic hydroxyl groups excluding tert-OH is 1. The highest BCUT2D eigenvalue weighted by molar-refractivity contribution is 5.43. The number of rotatable bonds is 11. The van der Waals surface area contributed by atoms with Crippen molar-refractivity contribution in [1.29, 1.82) is 0 Å². The molecule has 2 aromatic carbocycles. The Bertz CT molecular complexity index is 954. The highest BCUT2D eigenvalue weighted by Gasteiger charge is 2.36. The summed E-state index contributed by atoms with van der Waals surface area (Å²) in [6.45, 7) is 16.4. The summed E-state index contributed by atoms with van der Waals surface area (Å²) in [4.78, 5) is 0. The average molecular weight is 511 g/mol. The largest absolute Gasteiger partial charge is 0.491 e. The van der Waals surface area contributed by atoms with Crippen LogP contribution < -0.4 is 4.74 Å². The Balaban J connectivity index is 1.54. The Labute approximate surface area is 226 Å². The molecule has 1 aliphatic rings. The first-order valence-corrected chi connectivity index (χ1v) is 14.3. The van der Waals surface area contributed by atoms with E-state index in [0.29, 0.717) is 32.4 Å². The fraction of sp³-hybridized carbons (Fsp3) is 0.636. The molecule has 37 heavy (non-hydrogen) atoms. The van der Waals surface area contributed by atoms with Crippen molar-refractivity contribution >= 4 is 0 Å². The summed E-state index contributed by atoms with van der Waals surface area (Å²) in [7, 11) is 2.32. The highest BCUT2D eigenvalue weighted by Crippen LogP contribution is 2.35. The first kappa shape index (κ1) is 29.7. The molecule has 0 amide bonds. The molecule has 3 rings (SSSR count). The van der Waals surface area contributed by atoms with E-state index in [0.717, 1.165) is 16.8 Å². The number of quaternary nitrogens is 1. The van der Waals surface area contributed by atoms with Crippen LogP contribution in [-0.4, -0.2) is 55.1 Å². The second-order valence-corrected chi connectivity index (χ2v) is 13.4. The zero-order valence-electron chi connectivity index (χ0n) is 24.6. The molecule has 1 fully saturated rings. The van der Waals surface area contributed by atoms with E-state index < -0.39 is 6.10 Å². The molecule has 4 nitrogen and oxygen atoms in total. The molecule has 0 spiro atoms. The van der Waals surface area contributed by atoms with Crippen molar-refractivity contribution in [1.82, 2.24) is 0 Å². The van der Waals surface area contributed by atoms with Crippen LogP contribution in [0.25, 0.3) is 0 Å². The van der Waals surface area contributed by atoms with E-state index in [9.17, 15) is 5.11 Å². The Hall–Kier alpha value is -1.88.